The number of aliphatic hydroxyl groups is 2. The van der Waals surface area contributed by atoms with Gasteiger partial charge in [0.05, 0.1) is 0 Å². The zero-order chi connectivity index (χ0) is 26.1. The Morgan fingerprint density at radius 2 is 1.53 bits per heavy atom. The number of hydrogen-bond donors (Lipinski definition) is 2. The fraction of sp³-hybridized carbons (Fsp3) is 0.323. The molecule has 0 atom stereocenters. The lowest BCUT2D eigenvalue weighted by atomic mass is 9.94. The average Bonchev–Trinajstić information content (AvgIpc) is 2.87. The second kappa shape index (κ2) is 13.1. The van der Waals surface area contributed by atoms with Gasteiger partial charge in [0.25, 0.3) is 0 Å². The Labute approximate surface area is 214 Å². The van der Waals surface area contributed by atoms with Crippen molar-refractivity contribution in [1.29, 1.82) is 0 Å². The Bertz CT molecular complexity index is 1180. The highest BCUT2D eigenvalue weighted by atomic mass is 16.6. The molecule has 2 N–H and O–H groups in total. The summed E-state index contributed by atoms with van der Waals surface area (Å²) in [5.41, 5.74) is 8.17. The molecule has 0 aromatic heterocycles. The molecule has 3 aromatic rings. The molecular formula is C31H36O5. The van der Waals surface area contributed by atoms with E-state index < -0.39 is 5.97 Å². The number of aliphatic hydroxyl groups excluding tert-OH is 2. The third-order valence-corrected chi connectivity index (χ3v) is 6.22. The van der Waals surface area contributed by atoms with Crippen LogP contribution in [-0.4, -0.2) is 42.6 Å². The van der Waals surface area contributed by atoms with Crippen LogP contribution in [0.1, 0.15) is 30.0 Å². The third kappa shape index (κ3) is 7.30. The summed E-state index contributed by atoms with van der Waals surface area (Å²) in [6, 6.07) is 20.9. The number of carbonyl (C=O) groups excluding carboxylic acids is 1. The molecule has 190 valence electrons. The van der Waals surface area contributed by atoms with Crippen LogP contribution in [0.4, 0.5) is 0 Å². The average molecular weight is 489 g/mol. The van der Waals surface area contributed by atoms with Crippen LogP contribution in [0.3, 0.4) is 0 Å². The summed E-state index contributed by atoms with van der Waals surface area (Å²) in [6.45, 7) is 9.77. The van der Waals surface area contributed by atoms with Crippen molar-refractivity contribution in [1.82, 2.24) is 0 Å². The van der Waals surface area contributed by atoms with Gasteiger partial charge < -0.3 is 19.7 Å². The predicted molar refractivity (Wildman–Crippen MR) is 144 cm³/mol. The van der Waals surface area contributed by atoms with E-state index in [9.17, 15) is 15.0 Å². The summed E-state index contributed by atoms with van der Waals surface area (Å²) in [4.78, 5) is 11.6. The molecule has 0 radical (unpaired) electrons. The normalized spacial score (nSPS) is 10.9. The van der Waals surface area contributed by atoms with Crippen molar-refractivity contribution in [2.45, 2.75) is 33.6 Å². The molecule has 0 unspecified atom stereocenters. The second-order valence-corrected chi connectivity index (χ2v) is 9.26. The largest absolute Gasteiger partial charge is 0.489 e. The first-order chi connectivity index (χ1) is 17.3. The minimum Gasteiger partial charge on any atom is -0.489 e. The molecule has 3 aromatic carbocycles. The molecule has 5 heteroatoms. The first-order valence-corrected chi connectivity index (χ1v) is 12.3. The van der Waals surface area contributed by atoms with Gasteiger partial charge in [-0.15, -0.1) is 0 Å². The van der Waals surface area contributed by atoms with Crippen molar-refractivity contribution in [3.8, 4) is 28.0 Å². The zero-order valence-corrected chi connectivity index (χ0v) is 21.4. The van der Waals surface area contributed by atoms with Crippen molar-refractivity contribution in [2.75, 3.05) is 26.4 Å². The number of hydrogen-bond acceptors (Lipinski definition) is 5. The summed E-state index contributed by atoms with van der Waals surface area (Å²) in [5.74, 6) is 0.264. The quantitative estimate of drug-likeness (QED) is 0.195. The Morgan fingerprint density at radius 1 is 0.889 bits per heavy atom. The zero-order valence-electron chi connectivity index (χ0n) is 21.4. The monoisotopic (exact) mass is 488 g/mol. The van der Waals surface area contributed by atoms with Crippen LogP contribution in [-0.2, 0) is 16.0 Å². The summed E-state index contributed by atoms with van der Waals surface area (Å²) >= 11 is 0. The minimum absolute atomic E-state index is 0.0100. The number of ether oxygens (including phenoxy) is 2. The van der Waals surface area contributed by atoms with E-state index in [2.05, 4.69) is 62.0 Å². The van der Waals surface area contributed by atoms with Gasteiger partial charge in [0, 0.05) is 30.3 Å². The number of esters is 1. The molecule has 0 saturated carbocycles. The van der Waals surface area contributed by atoms with Crippen molar-refractivity contribution >= 4 is 5.97 Å². The molecule has 0 aliphatic carbocycles. The van der Waals surface area contributed by atoms with Gasteiger partial charge in [-0.1, -0.05) is 61.2 Å². The first kappa shape index (κ1) is 27.2. The summed E-state index contributed by atoms with van der Waals surface area (Å²) in [5, 5.41) is 18.6. The molecule has 0 fully saturated rings. The van der Waals surface area contributed by atoms with Gasteiger partial charge in [0.1, 0.15) is 19.0 Å². The first-order valence-electron chi connectivity index (χ1n) is 12.3. The summed E-state index contributed by atoms with van der Waals surface area (Å²) in [6.07, 6.45) is 1.59. The fourth-order valence-electron chi connectivity index (χ4n) is 4.04. The smallest absolute Gasteiger partial charge is 0.333 e. The molecule has 0 aliphatic rings. The standard InChI is InChI=1S/C31H36O5/c1-21(2)31(34)36-16-15-35-30-17-22(3)5-13-29(30)27-11-9-26(10-12-27)28-14-8-24(18-23(28)4)6-7-25(19-32)20-33/h5,8-14,17-18,25,32-33H,1,6-7,15-16,19-20H2,2-4H3. The van der Waals surface area contributed by atoms with Crippen LogP contribution < -0.4 is 4.74 Å². The van der Waals surface area contributed by atoms with Gasteiger partial charge in [0.2, 0.25) is 0 Å². The van der Waals surface area contributed by atoms with Gasteiger partial charge >= 0.3 is 5.97 Å². The Balaban J connectivity index is 1.72. The lowest BCUT2D eigenvalue weighted by molar-refractivity contribution is -0.139. The summed E-state index contributed by atoms with van der Waals surface area (Å²) < 4.78 is 11.1. The highest BCUT2D eigenvalue weighted by Gasteiger charge is 2.11. The van der Waals surface area contributed by atoms with Crippen molar-refractivity contribution in [2.24, 2.45) is 5.92 Å². The lowest BCUT2D eigenvalue weighted by Gasteiger charge is -2.14. The Kier molecular flexibility index (Phi) is 9.86. The van der Waals surface area contributed by atoms with Gasteiger partial charge in [-0.05, 0) is 73.1 Å². The molecule has 0 saturated heterocycles. The van der Waals surface area contributed by atoms with Gasteiger partial charge in [0.15, 0.2) is 0 Å². The number of aryl methyl sites for hydroxylation is 3. The Hall–Kier alpha value is -3.41. The van der Waals surface area contributed by atoms with Crippen LogP contribution in [0.2, 0.25) is 0 Å². The van der Waals surface area contributed by atoms with E-state index >= 15 is 0 Å². The van der Waals surface area contributed by atoms with Gasteiger partial charge in [-0.3, -0.25) is 0 Å². The molecule has 0 amide bonds. The predicted octanol–water partition coefficient (Wildman–Crippen LogP) is 5.67. The van der Waals surface area contributed by atoms with Crippen LogP contribution >= 0.6 is 0 Å². The van der Waals surface area contributed by atoms with E-state index in [1.54, 1.807) is 6.92 Å². The van der Waals surface area contributed by atoms with Crippen LogP contribution in [0.15, 0.2) is 72.8 Å². The lowest BCUT2D eigenvalue weighted by Crippen LogP contribution is -2.12. The number of rotatable bonds is 12. The SMILES string of the molecule is C=C(C)C(=O)OCCOc1cc(C)ccc1-c1ccc(-c2ccc(CCC(CO)CO)cc2C)cc1. The highest BCUT2D eigenvalue weighted by Crippen LogP contribution is 2.33. The minimum atomic E-state index is -0.415. The number of carbonyl (C=O) groups is 1. The van der Waals surface area contributed by atoms with E-state index in [-0.39, 0.29) is 32.3 Å². The van der Waals surface area contributed by atoms with Crippen LogP contribution in [0, 0.1) is 19.8 Å². The topological polar surface area (TPSA) is 76.0 Å². The van der Waals surface area contributed by atoms with Crippen molar-refractivity contribution in [3.63, 3.8) is 0 Å². The van der Waals surface area contributed by atoms with Crippen LogP contribution in [0.5, 0.6) is 5.75 Å². The molecule has 3 rings (SSSR count). The fourth-order valence-corrected chi connectivity index (χ4v) is 4.04. The van der Waals surface area contributed by atoms with E-state index in [1.807, 2.05) is 19.1 Å². The molecular weight excluding hydrogens is 452 g/mol. The van der Waals surface area contributed by atoms with E-state index in [0.717, 1.165) is 40.8 Å². The molecule has 0 aliphatic heterocycles. The van der Waals surface area contributed by atoms with E-state index in [1.165, 1.54) is 16.7 Å². The second-order valence-electron chi connectivity index (χ2n) is 9.26. The number of benzene rings is 3. The van der Waals surface area contributed by atoms with Gasteiger partial charge in [-0.25, -0.2) is 4.79 Å². The third-order valence-electron chi connectivity index (χ3n) is 6.22. The van der Waals surface area contributed by atoms with Crippen molar-refractivity contribution in [3.05, 3.63) is 89.5 Å². The van der Waals surface area contributed by atoms with Crippen LogP contribution in [0.25, 0.3) is 22.3 Å². The van der Waals surface area contributed by atoms with E-state index in [0.29, 0.717) is 5.57 Å². The molecule has 0 bridgehead atoms. The van der Waals surface area contributed by atoms with E-state index in [4.69, 9.17) is 9.47 Å². The molecule has 5 nitrogen and oxygen atoms in total. The maximum atomic E-state index is 11.6. The summed E-state index contributed by atoms with van der Waals surface area (Å²) in [7, 11) is 0. The van der Waals surface area contributed by atoms with Crippen molar-refractivity contribution < 1.29 is 24.5 Å². The maximum Gasteiger partial charge on any atom is 0.333 e. The Morgan fingerprint density at radius 3 is 2.14 bits per heavy atom. The highest BCUT2D eigenvalue weighted by molar-refractivity contribution is 5.86. The van der Waals surface area contributed by atoms with Gasteiger partial charge in [-0.2, -0.15) is 0 Å². The molecule has 0 heterocycles. The molecule has 36 heavy (non-hydrogen) atoms. The molecule has 0 spiro atoms. The maximum absolute atomic E-state index is 11.6.